The van der Waals surface area contributed by atoms with Gasteiger partial charge in [0, 0.05) is 25.8 Å². The summed E-state index contributed by atoms with van der Waals surface area (Å²) >= 11 is 0. The predicted molar refractivity (Wildman–Crippen MR) is 76.1 cm³/mol. The molecule has 0 aromatic heterocycles. The monoisotopic (exact) mass is 318 g/mol. The van der Waals surface area contributed by atoms with E-state index in [1.807, 2.05) is 0 Å². The molecule has 8 nitrogen and oxygen atoms in total. The van der Waals surface area contributed by atoms with E-state index in [0.29, 0.717) is 0 Å². The first-order valence-electron chi connectivity index (χ1n) is 6.08. The van der Waals surface area contributed by atoms with Crippen molar-refractivity contribution in [3.05, 3.63) is 39.9 Å². The van der Waals surface area contributed by atoms with Gasteiger partial charge in [-0.2, -0.15) is 0 Å². The Morgan fingerprint density at radius 3 is 2.38 bits per heavy atom. The van der Waals surface area contributed by atoms with Crippen molar-refractivity contribution in [1.82, 2.24) is 4.72 Å². The lowest BCUT2D eigenvalue weighted by molar-refractivity contribution is -0.385. The maximum atomic E-state index is 12.1. The number of nitro groups is 1. The Balaban J connectivity index is 2.89. The summed E-state index contributed by atoms with van der Waals surface area (Å²) in [5.41, 5.74) is -0.112. The molecule has 0 spiro atoms. The number of methoxy groups -OCH3 is 2. The predicted octanol–water partition coefficient (Wildman–Crippen LogP) is 1.02. The third-order valence-electron chi connectivity index (χ3n) is 2.77. The maximum Gasteiger partial charge on any atom is 0.273 e. The van der Waals surface area contributed by atoms with E-state index in [-0.39, 0.29) is 11.3 Å². The van der Waals surface area contributed by atoms with Crippen LogP contribution in [-0.4, -0.2) is 39.9 Å². The molecule has 21 heavy (non-hydrogen) atoms. The molecule has 9 heteroatoms. The van der Waals surface area contributed by atoms with E-state index in [9.17, 15) is 18.5 Å². The van der Waals surface area contributed by atoms with Gasteiger partial charge in [0.2, 0.25) is 10.0 Å². The first-order chi connectivity index (χ1) is 9.80. The van der Waals surface area contributed by atoms with Crippen LogP contribution in [0.5, 0.6) is 0 Å². The Hall–Kier alpha value is -1.55. The third-order valence-corrected chi connectivity index (χ3v) is 4.19. The highest BCUT2D eigenvalue weighted by atomic mass is 32.2. The zero-order chi connectivity index (χ0) is 16.0. The van der Waals surface area contributed by atoms with E-state index >= 15 is 0 Å². The molecule has 0 radical (unpaired) electrons. The first-order valence-corrected chi connectivity index (χ1v) is 7.74. The fraction of sp³-hybridized carbons (Fsp3) is 0.500. The quantitative estimate of drug-likeness (QED) is 0.435. The van der Waals surface area contributed by atoms with Crippen LogP contribution < -0.4 is 4.72 Å². The summed E-state index contributed by atoms with van der Waals surface area (Å²) in [4.78, 5) is 10.3. The minimum atomic E-state index is -3.77. The number of sulfonamides is 1. The van der Waals surface area contributed by atoms with E-state index in [2.05, 4.69) is 4.72 Å². The van der Waals surface area contributed by atoms with Gasteiger partial charge in [-0.1, -0.05) is 18.2 Å². The van der Waals surface area contributed by atoms with Crippen molar-refractivity contribution in [2.45, 2.75) is 25.0 Å². The topological polar surface area (TPSA) is 108 Å². The molecule has 0 saturated carbocycles. The van der Waals surface area contributed by atoms with Crippen LogP contribution in [0, 0.1) is 10.1 Å². The minimum Gasteiger partial charge on any atom is -0.354 e. The summed E-state index contributed by atoms with van der Waals surface area (Å²) in [5, 5.41) is 10.9. The van der Waals surface area contributed by atoms with Crippen molar-refractivity contribution in [3.8, 4) is 0 Å². The highest BCUT2D eigenvalue weighted by Crippen LogP contribution is 2.20. The van der Waals surface area contributed by atoms with Gasteiger partial charge in [-0.3, -0.25) is 10.1 Å². The van der Waals surface area contributed by atoms with Gasteiger partial charge in [0.05, 0.1) is 16.7 Å². The Labute approximate surface area is 123 Å². The number of rotatable bonds is 8. The summed E-state index contributed by atoms with van der Waals surface area (Å²) in [7, 11) is -0.990. The van der Waals surface area contributed by atoms with E-state index in [1.54, 1.807) is 13.0 Å². The van der Waals surface area contributed by atoms with E-state index in [0.717, 1.165) is 0 Å². The number of nitrogens with one attached hydrogen (secondary N) is 1. The van der Waals surface area contributed by atoms with Crippen molar-refractivity contribution in [2.24, 2.45) is 0 Å². The largest absolute Gasteiger partial charge is 0.354 e. The van der Waals surface area contributed by atoms with Crippen LogP contribution in [0.4, 0.5) is 5.69 Å². The molecule has 0 bridgehead atoms. The molecule has 1 N–H and O–H groups in total. The molecule has 118 valence electrons. The van der Waals surface area contributed by atoms with Crippen molar-refractivity contribution in [3.63, 3.8) is 0 Å². The molecule has 0 aliphatic carbocycles. The summed E-state index contributed by atoms with van der Waals surface area (Å²) in [6.45, 7) is 1.58. The molecular weight excluding hydrogens is 300 g/mol. The van der Waals surface area contributed by atoms with Crippen molar-refractivity contribution < 1.29 is 22.8 Å². The smallest absolute Gasteiger partial charge is 0.273 e. The third kappa shape index (κ3) is 5.05. The van der Waals surface area contributed by atoms with Crippen LogP contribution in [0.3, 0.4) is 0 Å². The number of hydrogen-bond donors (Lipinski definition) is 1. The average molecular weight is 318 g/mol. The zero-order valence-corrected chi connectivity index (χ0v) is 12.8. The van der Waals surface area contributed by atoms with Gasteiger partial charge in [-0.25, -0.2) is 13.1 Å². The number of ether oxygens (including phenoxy) is 2. The Morgan fingerprint density at radius 2 is 1.86 bits per heavy atom. The Morgan fingerprint density at radius 1 is 1.29 bits per heavy atom. The van der Waals surface area contributed by atoms with Gasteiger partial charge in [-0.05, 0) is 6.92 Å². The molecule has 1 aromatic rings. The highest BCUT2D eigenvalue weighted by Gasteiger charge is 2.25. The lowest BCUT2D eigenvalue weighted by Gasteiger charge is -2.21. The molecule has 0 heterocycles. The molecule has 0 fully saturated rings. The minimum absolute atomic E-state index is 0.119. The van der Waals surface area contributed by atoms with Gasteiger partial charge in [0.15, 0.2) is 6.29 Å². The van der Waals surface area contributed by atoms with E-state index < -0.39 is 33.0 Å². The van der Waals surface area contributed by atoms with Crippen LogP contribution in [-0.2, 0) is 25.2 Å². The number of para-hydroxylation sites is 1. The number of nitrogens with zero attached hydrogens (tertiary/aromatic N) is 1. The second-order valence-corrected chi connectivity index (χ2v) is 6.15. The number of benzene rings is 1. The van der Waals surface area contributed by atoms with Gasteiger partial charge in [0.25, 0.3) is 5.69 Å². The summed E-state index contributed by atoms with van der Waals surface area (Å²) in [6, 6.07) is 5.07. The summed E-state index contributed by atoms with van der Waals surface area (Å²) in [5.74, 6) is -0.491. The Kier molecular flexibility index (Phi) is 6.21. The van der Waals surface area contributed by atoms with Gasteiger partial charge in [0.1, 0.15) is 0 Å². The van der Waals surface area contributed by atoms with Crippen LogP contribution in [0.2, 0.25) is 0 Å². The van der Waals surface area contributed by atoms with Crippen molar-refractivity contribution in [1.29, 1.82) is 0 Å². The van der Waals surface area contributed by atoms with Gasteiger partial charge < -0.3 is 9.47 Å². The number of hydrogen-bond acceptors (Lipinski definition) is 6. The van der Waals surface area contributed by atoms with Crippen molar-refractivity contribution >= 4 is 15.7 Å². The fourth-order valence-corrected chi connectivity index (χ4v) is 3.32. The lowest BCUT2D eigenvalue weighted by atomic mass is 10.2. The molecule has 0 aliphatic rings. The lowest BCUT2D eigenvalue weighted by Crippen LogP contribution is -2.43. The van der Waals surface area contributed by atoms with Gasteiger partial charge in [-0.15, -0.1) is 0 Å². The second kappa shape index (κ2) is 7.46. The number of nitro benzene ring substituents is 1. The van der Waals surface area contributed by atoms with Crippen LogP contribution in [0.25, 0.3) is 0 Å². The van der Waals surface area contributed by atoms with Crippen molar-refractivity contribution in [2.75, 3.05) is 14.2 Å². The summed E-state index contributed by atoms with van der Waals surface area (Å²) in [6.07, 6.45) is -0.745. The molecule has 1 rings (SSSR count). The molecule has 0 amide bonds. The second-order valence-electron chi connectivity index (χ2n) is 4.39. The average Bonchev–Trinajstić information content (AvgIpc) is 2.39. The summed E-state index contributed by atoms with van der Waals surface area (Å²) < 4.78 is 36.4. The molecule has 1 atom stereocenters. The SMILES string of the molecule is COC(OC)C(C)NS(=O)(=O)Cc1ccccc1[N+](=O)[O-]. The Bertz CT molecular complexity index is 585. The fourth-order valence-electron chi connectivity index (χ4n) is 1.90. The normalized spacial score (nSPS) is 13.3. The first kappa shape index (κ1) is 17.5. The maximum absolute atomic E-state index is 12.1. The molecule has 0 saturated heterocycles. The molecule has 1 unspecified atom stereocenters. The van der Waals surface area contributed by atoms with Crippen LogP contribution in [0.1, 0.15) is 12.5 Å². The van der Waals surface area contributed by atoms with Crippen LogP contribution in [0.15, 0.2) is 24.3 Å². The van der Waals surface area contributed by atoms with Gasteiger partial charge >= 0.3 is 0 Å². The highest BCUT2D eigenvalue weighted by molar-refractivity contribution is 7.88. The zero-order valence-electron chi connectivity index (χ0n) is 12.0. The van der Waals surface area contributed by atoms with E-state index in [1.165, 1.54) is 32.4 Å². The molecule has 0 aliphatic heterocycles. The molecule has 1 aromatic carbocycles. The van der Waals surface area contributed by atoms with Crippen LogP contribution >= 0.6 is 0 Å². The van der Waals surface area contributed by atoms with E-state index in [4.69, 9.17) is 9.47 Å². The standard InChI is InChI=1S/C12H18N2O6S/c1-9(12(19-2)20-3)13-21(17,18)8-10-6-4-5-7-11(10)14(15)16/h4-7,9,12-13H,8H2,1-3H3. The molecular formula is C12H18N2O6S.